The molecule has 1 saturated heterocycles. The van der Waals surface area contributed by atoms with Crippen molar-refractivity contribution in [3.05, 3.63) is 58.6 Å². The van der Waals surface area contributed by atoms with Crippen LogP contribution < -0.4 is 10.2 Å². The number of anilines is 2. The molecular formula is C26H30N6O4S. The monoisotopic (exact) mass is 522 g/mol. The highest BCUT2D eigenvalue weighted by atomic mass is 32.2. The Morgan fingerprint density at radius 1 is 1.03 bits per heavy atom. The molecule has 1 aliphatic carbocycles. The molecule has 0 spiro atoms. The third-order valence-electron chi connectivity index (χ3n) is 6.98. The van der Waals surface area contributed by atoms with Crippen molar-refractivity contribution < 1.29 is 14.1 Å². The summed E-state index contributed by atoms with van der Waals surface area (Å²) in [6.07, 6.45) is 6.70. The minimum absolute atomic E-state index is 0.0130. The molecule has 0 bridgehead atoms. The fraction of sp³-hybridized carbons (Fsp3) is 0.423. The molecule has 3 aromatic rings. The smallest absolute Gasteiger partial charge is 0.277 e. The predicted octanol–water partition coefficient (Wildman–Crippen LogP) is 4.83. The number of rotatable bonds is 8. The Morgan fingerprint density at radius 2 is 1.76 bits per heavy atom. The Balaban J connectivity index is 1.14. The van der Waals surface area contributed by atoms with Crippen molar-refractivity contribution in [2.24, 2.45) is 0 Å². The lowest BCUT2D eigenvalue weighted by atomic mass is 9.94. The van der Waals surface area contributed by atoms with E-state index in [-0.39, 0.29) is 28.5 Å². The highest BCUT2D eigenvalue weighted by Gasteiger charge is 2.26. The number of para-hydroxylation sites is 2. The second-order valence-corrected chi connectivity index (χ2v) is 10.3. The third kappa shape index (κ3) is 6.28. The number of hydrogen-bond donors (Lipinski definition) is 1. The van der Waals surface area contributed by atoms with Gasteiger partial charge in [-0.3, -0.25) is 19.8 Å². The van der Waals surface area contributed by atoms with Gasteiger partial charge in [-0.25, -0.2) is 0 Å². The van der Waals surface area contributed by atoms with E-state index in [1.165, 1.54) is 44.2 Å². The van der Waals surface area contributed by atoms with Crippen LogP contribution in [0.1, 0.15) is 32.1 Å². The summed E-state index contributed by atoms with van der Waals surface area (Å²) in [4.78, 5) is 28.1. The van der Waals surface area contributed by atoms with Crippen LogP contribution in [0, 0.1) is 10.1 Å². The Morgan fingerprint density at radius 3 is 2.49 bits per heavy atom. The molecule has 11 heteroatoms. The topological polar surface area (TPSA) is 118 Å². The Kier molecular flexibility index (Phi) is 8.00. The van der Waals surface area contributed by atoms with Crippen LogP contribution in [0.15, 0.2) is 58.2 Å². The average molecular weight is 523 g/mol. The second-order valence-electron chi connectivity index (χ2n) is 9.35. The molecular weight excluding hydrogens is 492 g/mol. The van der Waals surface area contributed by atoms with Crippen molar-refractivity contribution in [1.29, 1.82) is 0 Å². The molecule has 37 heavy (non-hydrogen) atoms. The number of aromatic nitrogens is 2. The van der Waals surface area contributed by atoms with Gasteiger partial charge in [-0.2, -0.15) is 0 Å². The molecule has 2 fully saturated rings. The van der Waals surface area contributed by atoms with E-state index in [1.807, 2.05) is 18.2 Å². The molecule has 0 radical (unpaired) electrons. The standard InChI is InChI=1S/C26H30N6O4S/c33-24(18-37-26-29-28-25(36-26)19-10-12-21(13-11-19)32(34)35)27-22-8-4-5-9-23(22)31-16-14-30(15-17-31)20-6-2-1-3-7-20/h4-5,8-13,20H,1-3,6-7,14-18H2,(H,27,33). The van der Waals surface area contributed by atoms with Crippen molar-refractivity contribution in [2.45, 2.75) is 43.4 Å². The first kappa shape index (κ1) is 25.2. The zero-order valence-corrected chi connectivity index (χ0v) is 21.4. The van der Waals surface area contributed by atoms with E-state index in [9.17, 15) is 14.9 Å². The number of benzene rings is 2. The van der Waals surface area contributed by atoms with E-state index in [4.69, 9.17) is 4.42 Å². The van der Waals surface area contributed by atoms with Gasteiger partial charge in [-0.05, 0) is 37.1 Å². The Bertz CT molecular complexity index is 1220. The molecule has 1 amide bonds. The van der Waals surface area contributed by atoms with Crippen LogP contribution >= 0.6 is 11.8 Å². The van der Waals surface area contributed by atoms with Crippen LogP contribution in [0.4, 0.5) is 17.1 Å². The summed E-state index contributed by atoms with van der Waals surface area (Å²) in [6.45, 7) is 4.01. The largest absolute Gasteiger partial charge is 0.411 e. The van der Waals surface area contributed by atoms with Crippen molar-refractivity contribution >= 4 is 34.7 Å². The van der Waals surface area contributed by atoms with E-state index >= 15 is 0 Å². The van der Waals surface area contributed by atoms with Crippen LogP contribution in [-0.2, 0) is 4.79 Å². The molecule has 5 rings (SSSR count). The molecule has 0 atom stereocenters. The maximum atomic E-state index is 12.7. The van der Waals surface area contributed by atoms with E-state index < -0.39 is 4.92 Å². The Labute approximate surface area is 219 Å². The van der Waals surface area contributed by atoms with Crippen LogP contribution in [0.2, 0.25) is 0 Å². The van der Waals surface area contributed by atoms with Crippen LogP contribution in [-0.4, -0.2) is 63.9 Å². The van der Waals surface area contributed by atoms with Crippen molar-refractivity contribution in [1.82, 2.24) is 15.1 Å². The van der Waals surface area contributed by atoms with Crippen molar-refractivity contribution in [3.63, 3.8) is 0 Å². The average Bonchev–Trinajstić information content (AvgIpc) is 3.42. The number of carbonyl (C=O) groups excluding carboxylic acids is 1. The molecule has 0 unspecified atom stereocenters. The van der Waals surface area contributed by atoms with Gasteiger partial charge < -0.3 is 14.6 Å². The number of piperazine rings is 1. The van der Waals surface area contributed by atoms with Gasteiger partial charge in [-0.15, -0.1) is 10.2 Å². The van der Waals surface area contributed by atoms with Gasteiger partial charge in [0.05, 0.1) is 22.1 Å². The highest BCUT2D eigenvalue weighted by molar-refractivity contribution is 7.99. The fourth-order valence-corrected chi connectivity index (χ4v) is 5.62. The van der Waals surface area contributed by atoms with Crippen molar-refractivity contribution in [2.75, 3.05) is 42.1 Å². The number of nitro benzene ring substituents is 1. The highest BCUT2D eigenvalue weighted by Crippen LogP contribution is 2.30. The van der Waals surface area contributed by atoms with Gasteiger partial charge in [0.25, 0.3) is 10.9 Å². The summed E-state index contributed by atoms with van der Waals surface area (Å²) < 4.78 is 5.63. The second kappa shape index (κ2) is 11.7. The zero-order valence-electron chi connectivity index (χ0n) is 20.5. The van der Waals surface area contributed by atoms with Gasteiger partial charge in [0, 0.05) is 49.9 Å². The number of carbonyl (C=O) groups is 1. The summed E-state index contributed by atoms with van der Waals surface area (Å²) in [7, 11) is 0. The minimum atomic E-state index is -0.465. The Hall–Kier alpha value is -3.44. The summed E-state index contributed by atoms with van der Waals surface area (Å²) >= 11 is 1.15. The van der Waals surface area contributed by atoms with E-state index in [0.29, 0.717) is 5.56 Å². The van der Waals surface area contributed by atoms with E-state index in [2.05, 4.69) is 31.4 Å². The number of non-ortho nitro benzene ring substituents is 1. The predicted molar refractivity (Wildman–Crippen MR) is 143 cm³/mol. The van der Waals surface area contributed by atoms with Gasteiger partial charge in [0.2, 0.25) is 11.8 Å². The molecule has 194 valence electrons. The molecule has 1 N–H and O–H groups in total. The molecule has 2 aromatic carbocycles. The van der Waals surface area contributed by atoms with Crippen LogP contribution in [0.5, 0.6) is 0 Å². The van der Waals surface area contributed by atoms with Gasteiger partial charge in [0.1, 0.15) is 0 Å². The molecule has 1 aliphatic heterocycles. The third-order valence-corrected chi connectivity index (χ3v) is 7.80. The minimum Gasteiger partial charge on any atom is -0.411 e. The lowest BCUT2D eigenvalue weighted by molar-refractivity contribution is -0.384. The van der Waals surface area contributed by atoms with Crippen molar-refractivity contribution in [3.8, 4) is 11.5 Å². The summed E-state index contributed by atoms with van der Waals surface area (Å²) in [5.74, 6) is 0.204. The number of thioether (sulfide) groups is 1. The lowest BCUT2D eigenvalue weighted by Gasteiger charge is -2.42. The van der Waals surface area contributed by atoms with Gasteiger partial charge in [0.15, 0.2) is 0 Å². The number of nitrogens with zero attached hydrogens (tertiary/aromatic N) is 5. The van der Waals surface area contributed by atoms with Crippen LogP contribution in [0.3, 0.4) is 0 Å². The molecule has 1 saturated carbocycles. The lowest BCUT2D eigenvalue weighted by Crippen LogP contribution is -2.51. The normalized spacial score (nSPS) is 17.0. The quantitative estimate of drug-likeness (QED) is 0.252. The maximum absolute atomic E-state index is 12.7. The summed E-state index contributed by atoms with van der Waals surface area (Å²) in [6, 6.07) is 14.5. The first-order valence-electron chi connectivity index (χ1n) is 12.7. The van der Waals surface area contributed by atoms with Gasteiger partial charge in [-0.1, -0.05) is 43.2 Å². The fourth-order valence-electron chi connectivity index (χ4n) is 5.05. The number of hydrogen-bond acceptors (Lipinski definition) is 9. The number of nitrogens with one attached hydrogen (secondary N) is 1. The molecule has 2 aliphatic rings. The zero-order chi connectivity index (χ0) is 25.6. The molecule has 1 aromatic heterocycles. The first-order chi connectivity index (χ1) is 18.1. The molecule has 10 nitrogen and oxygen atoms in total. The summed E-state index contributed by atoms with van der Waals surface area (Å²) in [5.41, 5.74) is 2.41. The van der Waals surface area contributed by atoms with E-state index in [0.717, 1.165) is 55.4 Å². The molecule has 2 heterocycles. The maximum Gasteiger partial charge on any atom is 0.277 e. The van der Waals surface area contributed by atoms with Crippen LogP contribution in [0.25, 0.3) is 11.5 Å². The number of nitro groups is 1. The number of amides is 1. The first-order valence-corrected chi connectivity index (χ1v) is 13.6. The van der Waals surface area contributed by atoms with E-state index in [1.54, 1.807) is 12.1 Å². The van der Waals surface area contributed by atoms with Gasteiger partial charge >= 0.3 is 0 Å². The summed E-state index contributed by atoms with van der Waals surface area (Å²) in [5, 5.41) is 22.1. The SMILES string of the molecule is O=C(CSc1nnc(-c2ccc([N+](=O)[O-])cc2)o1)Nc1ccccc1N1CCN(C2CCCCC2)CC1.